The lowest BCUT2D eigenvalue weighted by atomic mass is 10.1. The van der Waals surface area contributed by atoms with Crippen LogP contribution in [0.1, 0.15) is 26.2 Å². The van der Waals surface area contributed by atoms with Gasteiger partial charge in [-0.2, -0.15) is 0 Å². The molecule has 25 heavy (non-hydrogen) atoms. The number of para-hydroxylation sites is 2. The first-order chi connectivity index (χ1) is 11.8. The molecule has 7 nitrogen and oxygen atoms in total. The largest absolute Gasteiger partial charge is 0.376 e. The van der Waals surface area contributed by atoms with Crippen LogP contribution in [-0.4, -0.2) is 57.7 Å². The number of carbonyl (C=O) groups excluding carboxylic acids is 1. The average Bonchev–Trinajstić information content (AvgIpc) is 2.55. The van der Waals surface area contributed by atoms with Crippen LogP contribution >= 0.6 is 0 Å². The number of rotatable bonds is 6. The molecule has 2 amide bonds. The fraction of sp³-hybridized carbons (Fsp3) is 0.588. The maximum atomic E-state index is 12.3. The van der Waals surface area contributed by atoms with E-state index < -0.39 is 10.0 Å². The van der Waals surface area contributed by atoms with Gasteiger partial charge in [0, 0.05) is 33.2 Å². The first kappa shape index (κ1) is 19.5. The van der Waals surface area contributed by atoms with Crippen LogP contribution in [0.2, 0.25) is 0 Å². The van der Waals surface area contributed by atoms with E-state index >= 15 is 0 Å². The van der Waals surface area contributed by atoms with E-state index in [1.165, 1.54) is 4.31 Å². The number of hydrogen-bond acceptors (Lipinski definition) is 4. The van der Waals surface area contributed by atoms with Gasteiger partial charge in [-0.3, -0.25) is 0 Å². The Labute approximate surface area is 150 Å². The Hall–Kier alpha value is -1.80. The van der Waals surface area contributed by atoms with Gasteiger partial charge in [-0.1, -0.05) is 19.1 Å². The van der Waals surface area contributed by atoms with Crippen molar-refractivity contribution in [3.63, 3.8) is 0 Å². The number of urea groups is 1. The van der Waals surface area contributed by atoms with Gasteiger partial charge in [-0.05, 0) is 31.4 Å². The molecule has 0 radical (unpaired) electrons. The third kappa shape index (κ3) is 5.34. The highest BCUT2D eigenvalue weighted by Gasteiger charge is 2.28. The van der Waals surface area contributed by atoms with Crippen LogP contribution in [0.3, 0.4) is 0 Å². The van der Waals surface area contributed by atoms with E-state index in [4.69, 9.17) is 0 Å². The van der Waals surface area contributed by atoms with E-state index in [2.05, 4.69) is 10.6 Å². The van der Waals surface area contributed by atoms with Gasteiger partial charge >= 0.3 is 6.03 Å². The molecule has 0 atom stereocenters. The molecule has 1 saturated heterocycles. The molecule has 140 valence electrons. The van der Waals surface area contributed by atoms with Crippen molar-refractivity contribution >= 4 is 27.4 Å². The van der Waals surface area contributed by atoms with E-state index in [9.17, 15) is 13.2 Å². The molecular weight excluding hydrogens is 340 g/mol. The number of anilines is 2. The second kappa shape index (κ2) is 8.53. The summed E-state index contributed by atoms with van der Waals surface area (Å²) in [5.41, 5.74) is 1.67. The summed E-state index contributed by atoms with van der Waals surface area (Å²) in [6.07, 6.45) is 1.88. The predicted molar refractivity (Wildman–Crippen MR) is 102 cm³/mol. The van der Waals surface area contributed by atoms with Gasteiger partial charge in [-0.25, -0.2) is 17.5 Å². The van der Waals surface area contributed by atoms with Crippen molar-refractivity contribution in [2.24, 2.45) is 0 Å². The second-order valence-corrected chi connectivity index (χ2v) is 8.59. The minimum Gasteiger partial charge on any atom is -0.376 e. The molecular formula is C17H28N4O3S. The normalized spacial score (nSPS) is 16.4. The zero-order valence-corrected chi connectivity index (χ0v) is 16.0. The number of nitrogens with zero attached hydrogens (tertiary/aromatic N) is 2. The Bertz CT molecular complexity index is 683. The molecule has 1 aliphatic rings. The number of sulfonamides is 1. The lowest BCUT2D eigenvalue weighted by Crippen LogP contribution is -2.48. The highest BCUT2D eigenvalue weighted by Crippen LogP contribution is 2.23. The van der Waals surface area contributed by atoms with Crippen LogP contribution in [-0.2, 0) is 10.0 Å². The molecule has 1 heterocycles. The number of amides is 2. The lowest BCUT2D eigenvalue weighted by Gasteiger charge is -2.31. The summed E-state index contributed by atoms with van der Waals surface area (Å²) in [5.74, 6) is 0.187. The van der Waals surface area contributed by atoms with Crippen LogP contribution in [0.25, 0.3) is 0 Å². The molecule has 1 fully saturated rings. The molecule has 0 aliphatic carbocycles. The van der Waals surface area contributed by atoms with Gasteiger partial charge in [0.05, 0.1) is 17.1 Å². The van der Waals surface area contributed by atoms with E-state index in [-0.39, 0.29) is 17.8 Å². The molecule has 0 bridgehead atoms. The fourth-order valence-corrected chi connectivity index (χ4v) is 4.52. The van der Waals surface area contributed by atoms with Gasteiger partial charge in [0.15, 0.2) is 0 Å². The van der Waals surface area contributed by atoms with Gasteiger partial charge in [0.25, 0.3) is 0 Å². The van der Waals surface area contributed by atoms with Crippen LogP contribution in [0.4, 0.5) is 16.2 Å². The SMILES string of the molecule is CCCS(=O)(=O)N1CCC(NC(=O)Nc2ccccc2N(C)C)CC1. The van der Waals surface area contributed by atoms with Gasteiger partial charge in [0.1, 0.15) is 0 Å². The summed E-state index contributed by atoms with van der Waals surface area (Å²) < 4.78 is 25.7. The number of carbonyl (C=O) groups is 1. The van der Waals surface area contributed by atoms with Crippen molar-refractivity contribution in [1.82, 2.24) is 9.62 Å². The Balaban J connectivity index is 1.87. The second-order valence-electron chi connectivity index (χ2n) is 6.50. The minimum atomic E-state index is -3.15. The number of hydrogen-bond donors (Lipinski definition) is 2. The quantitative estimate of drug-likeness (QED) is 0.805. The van der Waals surface area contributed by atoms with E-state index in [1.54, 1.807) is 0 Å². The van der Waals surface area contributed by atoms with Crippen molar-refractivity contribution < 1.29 is 13.2 Å². The van der Waals surface area contributed by atoms with Crippen LogP contribution < -0.4 is 15.5 Å². The average molecular weight is 369 g/mol. The van der Waals surface area contributed by atoms with Crippen molar-refractivity contribution in [2.45, 2.75) is 32.2 Å². The Kier molecular flexibility index (Phi) is 6.66. The maximum absolute atomic E-state index is 12.3. The van der Waals surface area contributed by atoms with Gasteiger partial charge < -0.3 is 15.5 Å². The summed E-state index contributed by atoms with van der Waals surface area (Å²) in [7, 11) is 0.694. The summed E-state index contributed by atoms with van der Waals surface area (Å²) in [6, 6.07) is 7.32. The number of benzene rings is 1. The van der Waals surface area contributed by atoms with Crippen molar-refractivity contribution in [2.75, 3.05) is 43.2 Å². The Morgan fingerprint density at radius 1 is 1.24 bits per heavy atom. The fourth-order valence-electron chi connectivity index (χ4n) is 2.98. The number of nitrogens with one attached hydrogen (secondary N) is 2. The standard InChI is InChI=1S/C17H28N4O3S/c1-4-13-25(23,24)21-11-9-14(10-12-21)18-17(22)19-15-7-5-6-8-16(15)20(2)3/h5-8,14H,4,9-13H2,1-3H3,(H2,18,19,22). The first-order valence-electron chi connectivity index (χ1n) is 8.65. The van der Waals surface area contributed by atoms with E-state index in [1.807, 2.05) is 50.2 Å². The molecule has 1 aliphatic heterocycles. The third-order valence-electron chi connectivity index (χ3n) is 4.28. The molecule has 0 saturated carbocycles. The highest BCUT2D eigenvalue weighted by molar-refractivity contribution is 7.89. The summed E-state index contributed by atoms with van der Waals surface area (Å²) in [4.78, 5) is 14.2. The molecule has 2 rings (SSSR count). The number of piperidine rings is 1. The smallest absolute Gasteiger partial charge is 0.319 e. The summed E-state index contributed by atoms with van der Waals surface area (Å²) in [5, 5.41) is 5.82. The maximum Gasteiger partial charge on any atom is 0.319 e. The molecule has 0 spiro atoms. The lowest BCUT2D eigenvalue weighted by molar-refractivity contribution is 0.238. The zero-order chi connectivity index (χ0) is 18.4. The predicted octanol–water partition coefficient (Wildman–Crippen LogP) is 2.08. The third-order valence-corrected chi connectivity index (χ3v) is 6.35. The van der Waals surface area contributed by atoms with Crippen molar-refractivity contribution in [3.8, 4) is 0 Å². The zero-order valence-electron chi connectivity index (χ0n) is 15.2. The van der Waals surface area contributed by atoms with Crippen LogP contribution in [0.5, 0.6) is 0 Å². The van der Waals surface area contributed by atoms with Gasteiger partial charge in [-0.15, -0.1) is 0 Å². The molecule has 1 aromatic carbocycles. The minimum absolute atomic E-state index is 0.0143. The summed E-state index contributed by atoms with van der Waals surface area (Å²) >= 11 is 0. The molecule has 0 aromatic heterocycles. The highest BCUT2D eigenvalue weighted by atomic mass is 32.2. The van der Waals surface area contributed by atoms with E-state index in [0.29, 0.717) is 32.4 Å². The Morgan fingerprint density at radius 3 is 2.48 bits per heavy atom. The molecule has 1 aromatic rings. The molecule has 2 N–H and O–H groups in total. The molecule has 0 unspecified atom stereocenters. The monoisotopic (exact) mass is 368 g/mol. The van der Waals surface area contributed by atoms with Crippen molar-refractivity contribution in [1.29, 1.82) is 0 Å². The summed E-state index contributed by atoms with van der Waals surface area (Å²) in [6.45, 7) is 2.78. The van der Waals surface area contributed by atoms with Crippen molar-refractivity contribution in [3.05, 3.63) is 24.3 Å². The van der Waals surface area contributed by atoms with Crippen LogP contribution in [0.15, 0.2) is 24.3 Å². The van der Waals surface area contributed by atoms with E-state index in [0.717, 1.165) is 11.4 Å². The first-order valence-corrected chi connectivity index (χ1v) is 10.3. The molecule has 8 heteroatoms. The Morgan fingerprint density at radius 2 is 1.88 bits per heavy atom. The van der Waals surface area contributed by atoms with Crippen LogP contribution in [0, 0.1) is 0 Å². The van der Waals surface area contributed by atoms with Gasteiger partial charge in [0.2, 0.25) is 10.0 Å². The topological polar surface area (TPSA) is 81.8 Å².